The van der Waals surface area contributed by atoms with Gasteiger partial charge in [0.2, 0.25) is 18.6 Å². The zero-order valence-corrected chi connectivity index (χ0v) is 18.8. The molecule has 0 aromatic heterocycles. The van der Waals surface area contributed by atoms with E-state index in [1.165, 1.54) is 0 Å². The van der Waals surface area contributed by atoms with Crippen molar-refractivity contribution in [3.8, 4) is 23.0 Å². The van der Waals surface area contributed by atoms with E-state index in [0.717, 1.165) is 11.1 Å². The molecule has 2 aliphatic rings. The van der Waals surface area contributed by atoms with Crippen LogP contribution >= 0.6 is 0 Å². The first-order valence-corrected chi connectivity index (χ1v) is 10.9. The summed E-state index contributed by atoms with van der Waals surface area (Å²) in [5.41, 5.74) is 1.78. The van der Waals surface area contributed by atoms with Gasteiger partial charge in [-0.3, -0.25) is 9.59 Å². The van der Waals surface area contributed by atoms with Crippen LogP contribution in [0.1, 0.15) is 48.9 Å². The molecule has 4 rings (SSSR count). The van der Waals surface area contributed by atoms with E-state index in [-0.39, 0.29) is 43.5 Å². The SMILES string of the molecule is COc1ccc([C@@H]2C/C=C\C[C@H](c3ccc4c(c3)OCO4)NC(=O)CCC(=O)N2)c(OC)c1. The number of carbonyl (C=O) groups is 2. The minimum atomic E-state index is -0.291. The monoisotopic (exact) mass is 452 g/mol. The van der Waals surface area contributed by atoms with Crippen molar-refractivity contribution in [1.29, 1.82) is 0 Å². The number of rotatable bonds is 4. The Morgan fingerprint density at radius 3 is 2.24 bits per heavy atom. The molecule has 8 heteroatoms. The number of amides is 2. The zero-order chi connectivity index (χ0) is 23.2. The fraction of sp³-hybridized carbons (Fsp3) is 0.360. The van der Waals surface area contributed by atoms with Crippen LogP contribution in [0, 0.1) is 0 Å². The van der Waals surface area contributed by atoms with Crippen molar-refractivity contribution >= 4 is 11.8 Å². The fourth-order valence-corrected chi connectivity index (χ4v) is 4.00. The van der Waals surface area contributed by atoms with Crippen molar-refractivity contribution < 1.29 is 28.5 Å². The number of benzene rings is 2. The van der Waals surface area contributed by atoms with Crippen molar-refractivity contribution in [3.05, 3.63) is 59.7 Å². The van der Waals surface area contributed by atoms with Gasteiger partial charge in [0, 0.05) is 24.5 Å². The van der Waals surface area contributed by atoms with Crippen molar-refractivity contribution in [1.82, 2.24) is 10.6 Å². The van der Waals surface area contributed by atoms with Crippen molar-refractivity contribution in [2.24, 2.45) is 0 Å². The number of fused-ring (bicyclic) bond motifs is 1. The van der Waals surface area contributed by atoms with Gasteiger partial charge in [0.25, 0.3) is 0 Å². The topological polar surface area (TPSA) is 95.1 Å². The third kappa shape index (κ3) is 5.39. The van der Waals surface area contributed by atoms with E-state index >= 15 is 0 Å². The first kappa shape index (κ1) is 22.5. The van der Waals surface area contributed by atoms with E-state index < -0.39 is 0 Å². The maximum absolute atomic E-state index is 12.6. The maximum Gasteiger partial charge on any atom is 0.231 e. The first-order valence-electron chi connectivity index (χ1n) is 10.9. The van der Waals surface area contributed by atoms with E-state index in [9.17, 15) is 9.59 Å². The van der Waals surface area contributed by atoms with E-state index in [1.54, 1.807) is 20.3 Å². The van der Waals surface area contributed by atoms with Crippen molar-refractivity contribution in [2.45, 2.75) is 37.8 Å². The number of ether oxygens (including phenoxy) is 4. The van der Waals surface area contributed by atoms with Gasteiger partial charge < -0.3 is 29.6 Å². The Morgan fingerprint density at radius 2 is 1.52 bits per heavy atom. The second-order valence-corrected chi connectivity index (χ2v) is 7.90. The molecule has 0 spiro atoms. The molecule has 0 saturated heterocycles. The second kappa shape index (κ2) is 10.3. The first-order chi connectivity index (χ1) is 16.1. The molecule has 174 valence electrons. The lowest BCUT2D eigenvalue weighted by molar-refractivity contribution is -0.127. The van der Waals surface area contributed by atoms with E-state index in [2.05, 4.69) is 10.6 Å². The Hall–Kier alpha value is -3.68. The summed E-state index contributed by atoms with van der Waals surface area (Å²) in [5, 5.41) is 6.07. The van der Waals surface area contributed by atoms with Crippen LogP contribution in [0.25, 0.3) is 0 Å². The van der Waals surface area contributed by atoms with Gasteiger partial charge in [-0.25, -0.2) is 0 Å². The lowest BCUT2D eigenvalue weighted by Crippen LogP contribution is -2.32. The quantitative estimate of drug-likeness (QED) is 0.689. The van der Waals surface area contributed by atoms with E-state index in [4.69, 9.17) is 18.9 Å². The van der Waals surface area contributed by atoms with Crippen LogP contribution in [-0.4, -0.2) is 32.8 Å². The third-order valence-corrected chi connectivity index (χ3v) is 5.77. The molecular weight excluding hydrogens is 424 g/mol. The molecule has 2 heterocycles. The molecule has 0 saturated carbocycles. The van der Waals surface area contributed by atoms with Gasteiger partial charge in [0.15, 0.2) is 11.5 Å². The number of methoxy groups -OCH3 is 2. The fourth-order valence-electron chi connectivity index (χ4n) is 4.00. The molecule has 2 N–H and O–H groups in total. The highest BCUT2D eigenvalue weighted by molar-refractivity contribution is 5.84. The molecule has 8 nitrogen and oxygen atoms in total. The van der Waals surface area contributed by atoms with Gasteiger partial charge in [-0.2, -0.15) is 0 Å². The lowest BCUT2D eigenvalue weighted by atomic mass is 9.99. The average Bonchev–Trinajstić information content (AvgIpc) is 3.30. The van der Waals surface area contributed by atoms with E-state index in [0.29, 0.717) is 35.8 Å². The van der Waals surface area contributed by atoms with Gasteiger partial charge in [-0.15, -0.1) is 0 Å². The Kier molecular flexibility index (Phi) is 7.02. The highest BCUT2D eigenvalue weighted by Gasteiger charge is 2.22. The number of hydrogen-bond donors (Lipinski definition) is 2. The van der Waals surface area contributed by atoms with Crippen LogP contribution in [0.5, 0.6) is 23.0 Å². The van der Waals surface area contributed by atoms with Gasteiger partial charge >= 0.3 is 0 Å². The molecule has 2 amide bonds. The molecule has 2 aliphatic heterocycles. The Morgan fingerprint density at radius 1 is 0.818 bits per heavy atom. The summed E-state index contributed by atoms with van der Waals surface area (Å²) in [5.74, 6) is 2.30. The summed E-state index contributed by atoms with van der Waals surface area (Å²) in [4.78, 5) is 25.2. The van der Waals surface area contributed by atoms with Crippen LogP contribution in [0.15, 0.2) is 48.6 Å². The molecule has 33 heavy (non-hydrogen) atoms. The summed E-state index contributed by atoms with van der Waals surface area (Å²) in [6, 6.07) is 10.7. The van der Waals surface area contributed by atoms with Crippen LogP contribution in [0.3, 0.4) is 0 Å². The Labute approximate surface area is 192 Å². The highest BCUT2D eigenvalue weighted by Crippen LogP contribution is 2.35. The molecule has 0 unspecified atom stereocenters. The highest BCUT2D eigenvalue weighted by atomic mass is 16.7. The summed E-state index contributed by atoms with van der Waals surface area (Å²) >= 11 is 0. The van der Waals surface area contributed by atoms with Gasteiger partial charge in [-0.1, -0.05) is 18.2 Å². The summed E-state index contributed by atoms with van der Waals surface area (Å²) in [6.07, 6.45) is 5.41. The third-order valence-electron chi connectivity index (χ3n) is 5.77. The maximum atomic E-state index is 12.6. The van der Waals surface area contributed by atoms with Crippen LogP contribution in [-0.2, 0) is 9.59 Å². The normalized spacial score (nSPS) is 21.8. The number of nitrogens with one attached hydrogen (secondary N) is 2. The summed E-state index contributed by atoms with van der Waals surface area (Å²) in [6.45, 7) is 0.195. The van der Waals surface area contributed by atoms with Gasteiger partial charge in [-0.05, 0) is 42.7 Å². The van der Waals surface area contributed by atoms with Gasteiger partial charge in [0.1, 0.15) is 11.5 Å². The van der Waals surface area contributed by atoms with Crippen LogP contribution in [0.2, 0.25) is 0 Å². The number of carbonyl (C=O) groups excluding carboxylic acids is 2. The standard InChI is InChI=1S/C25H28N2O6/c1-30-17-8-9-18(22(14-17)31-2)20-6-4-3-5-19(26-24(28)11-12-25(29)27-20)16-7-10-21-23(13-16)33-15-32-21/h3-4,7-10,13-14,19-20H,5-6,11-12,15H2,1-2H3,(H,26,28)(H,27,29)/b4-3-/t19-,20+/m1/s1. The van der Waals surface area contributed by atoms with E-state index in [1.807, 2.05) is 42.5 Å². The minimum Gasteiger partial charge on any atom is -0.497 e. The molecule has 2 aromatic rings. The average molecular weight is 453 g/mol. The molecule has 0 bridgehead atoms. The van der Waals surface area contributed by atoms with Crippen LogP contribution in [0.4, 0.5) is 0 Å². The van der Waals surface area contributed by atoms with Gasteiger partial charge in [0.05, 0.1) is 26.3 Å². The molecule has 2 aromatic carbocycles. The Balaban J connectivity index is 1.57. The second-order valence-electron chi connectivity index (χ2n) is 7.90. The minimum absolute atomic E-state index is 0.0956. The predicted octanol–water partition coefficient (Wildman–Crippen LogP) is 3.58. The largest absolute Gasteiger partial charge is 0.497 e. The smallest absolute Gasteiger partial charge is 0.231 e. The van der Waals surface area contributed by atoms with Crippen molar-refractivity contribution in [2.75, 3.05) is 21.0 Å². The zero-order valence-electron chi connectivity index (χ0n) is 18.8. The number of hydrogen-bond acceptors (Lipinski definition) is 6. The Bertz CT molecular complexity index is 1050. The predicted molar refractivity (Wildman–Crippen MR) is 121 cm³/mol. The molecule has 0 fully saturated rings. The molecule has 0 radical (unpaired) electrons. The molecule has 2 atom stereocenters. The van der Waals surface area contributed by atoms with Crippen molar-refractivity contribution in [3.63, 3.8) is 0 Å². The summed E-state index contributed by atoms with van der Waals surface area (Å²) in [7, 11) is 3.18. The molecular formula is C25H28N2O6. The summed E-state index contributed by atoms with van der Waals surface area (Å²) < 4.78 is 21.7. The molecule has 0 aliphatic carbocycles. The lowest BCUT2D eigenvalue weighted by Gasteiger charge is -2.22. The van der Waals surface area contributed by atoms with Crippen LogP contribution < -0.4 is 29.6 Å².